The van der Waals surface area contributed by atoms with Crippen molar-refractivity contribution in [2.75, 3.05) is 13.2 Å². The van der Waals surface area contributed by atoms with Crippen molar-refractivity contribution in [2.24, 2.45) is 23.7 Å². The number of alkyl halides is 1. The third-order valence-corrected chi connectivity index (χ3v) is 3.32. The second-order valence-electron chi connectivity index (χ2n) is 5.36. The summed E-state index contributed by atoms with van der Waals surface area (Å²) in [7, 11) is 0. The molecule has 0 spiro atoms. The standard InChI is InChI=1S/C13H20FNO3/c1-7(2)9-11(16)10(8(3)4)13(18)15(6-5-14)12(9)17/h7-10H,5-6H2,1-4H3. The maximum atomic E-state index is 12.4. The van der Waals surface area contributed by atoms with Crippen LogP contribution in [0.1, 0.15) is 27.7 Å². The molecule has 1 rings (SSSR count). The summed E-state index contributed by atoms with van der Waals surface area (Å²) in [4.78, 5) is 37.3. The molecule has 1 fully saturated rings. The van der Waals surface area contributed by atoms with Crippen LogP contribution >= 0.6 is 0 Å². The number of imide groups is 1. The number of nitrogens with zero attached hydrogens (tertiary/aromatic N) is 1. The maximum Gasteiger partial charge on any atom is 0.240 e. The lowest BCUT2D eigenvalue weighted by molar-refractivity contribution is -0.163. The van der Waals surface area contributed by atoms with E-state index >= 15 is 0 Å². The fourth-order valence-electron chi connectivity index (χ4n) is 2.41. The minimum Gasteiger partial charge on any atom is -0.298 e. The van der Waals surface area contributed by atoms with Crippen LogP contribution in [-0.4, -0.2) is 35.7 Å². The van der Waals surface area contributed by atoms with Crippen molar-refractivity contribution in [3.8, 4) is 0 Å². The zero-order valence-electron chi connectivity index (χ0n) is 11.3. The number of Topliss-reactive ketones (excluding diaryl/α,β-unsaturated/α-hetero) is 1. The number of amides is 2. The lowest BCUT2D eigenvalue weighted by Gasteiger charge is -2.37. The van der Waals surface area contributed by atoms with Crippen molar-refractivity contribution in [3.05, 3.63) is 0 Å². The van der Waals surface area contributed by atoms with E-state index in [4.69, 9.17) is 0 Å². The number of carbonyl (C=O) groups excluding carboxylic acids is 3. The van der Waals surface area contributed by atoms with Crippen LogP contribution in [0, 0.1) is 23.7 Å². The Morgan fingerprint density at radius 3 is 1.67 bits per heavy atom. The Bertz CT molecular complexity index is 335. The molecule has 5 heteroatoms. The smallest absolute Gasteiger partial charge is 0.240 e. The number of rotatable bonds is 4. The average Bonchev–Trinajstić information content (AvgIpc) is 2.23. The molecule has 102 valence electrons. The first-order valence-corrected chi connectivity index (χ1v) is 6.27. The Morgan fingerprint density at radius 2 is 1.39 bits per heavy atom. The van der Waals surface area contributed by atoms with Gasteiger partial charge in [0.15, 0.2) is 5.78 Å². The van der Waals surface area contributed by atoms with Gasteiger partial charge < -0.3 is 0 Å². The third-order valence-electron chi connectivity index (χ3n) is 3.32. The highest BCUT2D eigenvalue weighted by Crippen LogP contribution is 2.30. The number of hydrogen-bond donors (Lipinski definition) is 0. The van der Waals surface area contributed by atoms with Gasteiger partial charge in [0.1, 0.15) is 18.5 Å². The highest BCUT2D eigenvalue weighted by Gasteiger charge is 2.49. The highest BCUT2D eigenvalue weighted by molar-refractivity contribution is 6.20. The number of likely N-dealkylation sites (tertiary alicyclic amines) is 1. The van der Waals surface area contributed by atoms with Gasteiger partial charge in [-0.2, -0.15) is 0 Å². The zero-order chi connectivity index (χ0) is 14.0. The molecule has 2 amide bonds. The predicted octanol–water partition coefficient (Wildman–Crippen LogP) is 1.44. The average molecular weight is 257 g/mol. The summed E-state index contributed by atoms with van der Waals surface area (Å²) in [6, 6.07) is 0. The second-order valence-corrected chi connectivity index (χ2v) is 5.36. The van der Waals surface area contributed by atoms with Crippen molar-refractivity contribution < 1.29 is 18.8 Å². The van der Waals surface area contributed by atoms with Crippen molar-refractivity contribution in [3.63, 3.8) is 0 Å². The lowest BCUT2D eigenvalue weighted by Crippen LogP contribution is -2.57. The van der Waals surface area contributed by atoms with Gasteiger partial charge in [-0.1, -0.05) is 27.7 Å². The summed E-state index contributed by atoms with van der Waals surface area (Å²) in [6.45, 7) is 6.03. The summed E-state index contributed by atoms with van der Waals surface area (Å²) >= 11 is 0. The van der Waals surface area contributed by atoms with E-state index in [1.807, 2.05) is 0 Å². The van der Waals surface area contributed by atoms with Crippen molar-refractivity contribution in [1.29, 1.82) is 0 Å². The van der Waals surface area contributed by atoms with E-state index in [2.05, 4.69) is 0 Å². The van der Waals surface area contributed by atoms with Gasteiger partial charge in [0.25, 0.3) is 0 Å². The Morgan fingerprint density at radius 1 is 1.00 bits per heavy atom. The van der Waals surface area contributed by atoms with Crippen LogP contribution in [0.25, 0.3) is 0 Å². The first-order chi connectivity index (χ1) is 8.32. The van der Waals surface area contributed by atoms with Crippen LogP contribution in [-0.2, 0) is 14.4 Å². The molecule has 0 aromatic heterocycles. The number of hydrogen-bond acceptors (Lipinski definition) is 3. The molecule has 0 aromatic rings. The topological polar surface area (TPSA) is 54.5 Å². The van der Waals surface area contributed by atoms with Crippen molar-refractivity contribution in [2.45, 2.75) is 27.7 Å². The number of ketones is 1. The lowest BCUT2D eigenvalue weighted by atomic mass is 9.75. The van der Waals surface area contributed by atoms with E-state index in [-0.39, 0.29) is 24.2 Å². The largest absolute Gasteiger partial charge is 0.298 e. The van der Waals surface area contributed by atoms with Gasteiger partial charge in [0.05, 0.1) is 6.54 Å². The first-order valence-electron chi connectivity index (χ1n) is 6.27. The fraction of sp³-hybridized carbons (Fsp3) is 0.769. The van der Waals surface area contributed by atoms with E-state index in [9.17, 15) is 18.8 Å². The van der Waals surface area contributed by atoms with Gasteiger partial charge in [-0.3, -0.25) is 19.3 Å². The van der Waals surface area contributed by atoms with Gasteiger partial charge in [0, 0.05) is 0 Å². The molecule has 0 radical (unpaired) electrons. The Balaban J connectivity index is 3.14. The molecular formula is C13H20FNO3. The van der Waals surface area contributed by atoms with Gasteiger partial charge in [-0.05, 0) is 11.8 Å². The van der Waals surface area contributed by atoms with E-state index in [0.29, 0.717) is 0 Å². The Labute approximate surface area is 107 Å². The predicted molar refractivity (Wildman–Crippen MR) is 64.4 cm³/mol. The molecule has 0 N–H and O–H groups in total. The van der Waals surface area contributed by atoms with E-state index < -0.39 is 30.3 Å². The molecule has 0 aliphatic carbocycles. The van der Waals surface area contributed by atoms with E-state index in [1.165, 1.54) is 0 Å². The maximum absolute atomic E-state index is 12.4. The number of carbonyl (C=O) groups is 3. The minimum atomic E-state index is -0.818. The minimum absolute atomic E-state index is 0.179. The molecule has 1 heterocycles. The highest BCUT2D eigenvalue weighted by atomic mass is 19.1. The second kappa shape index (κ2) is 5.59. The van der Waals surface area contributed by atoms with Crippen LogP contribution in [0.4, 0.5) is 4.39 Å². The summed E-state index contributed by atoms with van der Waals surface area (Å²) < 4.78 is 12.4. The first kappa shape index (κ1) is 14.8. The molecule has 2 atom stereocenters. The van der Waals surface area contributed by atoms with Gasteiger partial charge >= 0.3 is 0 Å². The van der Waals surface area contributed by atoms with E-state index in [0.717, 1.165) is 4.90 Å². The summed E-state index contributed by atoms with van der Waals surface area (Å²) in [5.74, 6) is -3.40. The summed E-state index contributed by atoms with van der Waals surface area (Å²) in [5.41, 5.74) is 0. The van der Waals surface area contributed by atoms with Gasteiger partial charge in [-0.25, -0.2) is 4.39 Å². The molecule has 0 bridgehead atoms. The Hall–Kier alpha value is -1.26. The zero-order valence-corrected chi connectivity index (χ0v) is 11.3. The fourth-order valence-corrected chi connectivity index (χ4v) is 2.41. The molecule has 1 aliphatic heterocycles. The van der Waals surface area contributed by atoms with E-state index in [1.54, 1.807) is 27.7 Å². The van der Waals surface area contributed by atoms with Gasteiger partial charge in [0.2, 0.25) is 11.8 Å². The molecule has 0 aromatic carbocycles. The Kier molecular flexibility index (Phi) is 4.59. The molecule has 1 saturated heterocycles. The molecule has 18 heavy (non-hydrogen) atoms. The monoisotopic (exact) mass is 257 g/mol. The van der Waals surface area contributed by atoms with Crippen LogP contribution in [0.3, 0.4) is 0 Å². The molecule has 2 unspecified atom stereocenters. The quantitative estimate of drug-likeness (QED) is 0.565. The van der Waals surface area contributed by atoms with Crippen LogP contribution in [0.15, 0.2) is 0 Å². The third kappa shape index (κ3) is 2.44. The van der Waals surface area contributed by atoms with Crippen LogP contribution in [0.5, 0.6) is 0 Å². The van der Waals surface area contributed by atoms with Crippen molar-refractivity contribution in [1.82, 2.24) is 4.90 Å². The van der Waals surface area contributed by atoms with Gasteiger partial charge in [-0.15, -0.1) is 0 Å². The van der Waals surface area contributed by atoms with Crippen LogP contribution in [0.2, 0.25) is 0 Å². The van der Waals surface area contributed by atoms with Crippen molar-refractivity contribution >= 4 is 17.6 Å². The molecule has 0 saturated carbocycles. The SMILES string of the molecule is CC(C)C1C(=O)C(C(C)C)C(=O)N(CCF)C1=O. The molecule has 1 aliphatic rings. The summed E-state index contributed by atoms with van der Waals surface area (Å²) in [5, 5.41) is 0. The molecular weight excluding hydrogens is 237 g/mol. The number of halogens is 1. The number of piperidine rings is 1. The van der Waals surface area contributed by atoms with Crippen LogP contribution < -0.4 is 0 Å². The summed E-state index contributed by atoms with van der Waals surface area (Å²) in [6.07, 6.45) is 0. The normalized spacial score (nSPS) is 25.5. The molecule has 4 nitrogen and oxygen atoms in total.